The van der Waals surface area contributed by atoms with Gasteiger partial charge in [0.15, 0.2) is 0 Å². The fraction of sp³-hybridized carbons (Fsp3) is 0.375. The van der Waals surface area contributed by atoms with E-state index in [1.807, 2.05) is 6.92 Å². The molecule has 0 radical (unpaired) electrons. The van der Waals surface area contributed by atoms with Crippen LogP contribution >= 0.6 is 0 Å². The van der Waals surface area contributed by atoms with Crippen LogP contribution in [0.2, 0.25) is 0 Å². The van der Waals surface area contributed by atoms with E-state index in [1.165, 1.54) is 7.11 Å². The van der Waals surface area contributed by atoms with Gasteiger partial charge in [0.1, 0.15) is 0 Å². The summed E-state index contributed by atoms with van der Waals surface area (Å²) in [6, 6.07) is 6.20. The Morgan fingerprint density at radius 3 is 2.48 bits per heavy atom. The first-order valence-electron chi connectivity index (χ1n) is 6.67. The molecule has 2 amide bonds. The van der Waals surface area contributed by atoms with Crippen LogP contribution in [-0.4, -0.2) is 19.1 Å². The van der Waals surface area contributed by atoms with E-state index in [1.54, 1.807) is 30.5 Å². The minimum Gasteiger partial charge on any atom is -0.465 e. The third kappa shape index (κ3) is 5.30. The van der Waals surface area contributed by atoms with Crippen LogP contribution in [0.5, 0.6) is 0 Å². The third-order valence-corrected chi connectivity index (χ3v) is 3.14. The molecule has 5 heteroatoms. The van der Waals surface area contributed by atoms with Gasteiger partial charge in [0, 0.05) is 11.9 Å². The van der Waals surface area contributed by atoms with E-state index in [9.17, 15) is 9.59 Å². The number of allylic oxidation sites excluding steroid dienone is 1. The first-order valence-corrected chi connectivity index (χ1v) is 6.67. The fourth-order valence-corrected chi connectivity index (χ4v) is 1.40. The number of carbonyl (C=O) groups excluding carboxylic acids is 2. The lowest BCUT2D eigenvalue weighted by atomic mass is 9.88. The molecule has 0 saturated carbocycles. The number of carbonyl (C=O) groups is 2. The highest BCUT2D eigenvalue weighted by Crippen LogP contribution is 2.23. The maximum Gasteiger partial charge on any atom is 0.337 e. The Bertz CT molecular complexity index is 557. The van der Waals surface area contributed by atoms with Gasteiger partial charge in [-0.25, -0.2) is 9.59 Å². The van der Waals surface area contributed by atoms with Crippen molar-refractivity contribution in [3.63, 3.8) is 0 Å². The van der Waals surface area contributed by atoms with Gasteiger partial charge in [-0.05, 0) is 30.5 Å². The molecule has 2 N–H and O–H groups in total. The summed E-state index contributed by atoms with van der Waals surface area (Å²) in [6.07, 6.45) is 1.68. The van der Waals surface area contributed by atoms with Gasteiger partial charge < -0.3 is 15.4 Å². The normalized spacial score (nSPS) is 11.8. The van der Waals surface area contributed by atoms with Gasteiger partial charge in [-0.15, -0.1) is 0 Å². The average molecular weight is 290 g/mol. The molecule has 0 bridgehead atoms. The number of anilines is 1. The van der Waals surface area contributed by atoms with Gasteiger partial charge in [0.2, 0.25) is 0 Å². The van der Waals surface area contributed by atoms with Gasteiger partial charge in [-0.3, -0.25) is 0 Å². The van der Waals surface area contributed by atoms with Gasteiger partial charge in [-0.2, -0.15) is 0 Å². The topological polar surface area (TPSA) is 67.4 Å². The van der Waals surface area contributed by atoms with E-state index >= 15 is 0 Å². The van der Waals surface area contributed by atoms with Crippen molar-refractivity contribution in [1.82, 2.24) is 5.32 Å². The van der Waals surface area contributed by atoms with Crippen molar-refractivity contribution in [2.45, 2.75) is 27.7 Å². The van der Waals surface area contributed by atoms with Crippen LogP contribution in [-0.2, 0) is 4.74 Å². The number of nitrogens with one attached hydrogen (secondary N) is 2. The first kappa shape index (κ1) is 16.8. The van der Waals surface area contributed by atoms with Crippen LogP contribution in [0.3, 0.4) is 0 Å². The van der Waals surface area contributed by atoms with Crippen LogP contribution in [0.1, 0.15) is 38.1 Å². The van der Waals surface area contributed by atoms with Crippen LogP contribution < -0.4 is 10.6 Å². The zero-order valence-corrected chi connectivity index (χ0v) is 13.1. The molecule has 0 atom stereocenters. The molecule has 1 aromatic rings. The van der Waals surface area contributed by atoms with E-state index < -0.39 is 5.97 Å². The summed E-state index contributed by atoms with van der Waals surface area (Å²) in [5.41, 5.74) is 1.97. The monoisotopic (exact) mass is 290 g/mol. The van der Waals surface area contributed by atoms with Crippen molar-refractivity contribution < 1.29 is 14.3 Å². The Labute approximate surface area is 125 Å². The van der Waals surface area contributed by atoms with E-state index in [0.717, 1.165) is 5.57 Å². The lowest BCUT2D eigenvalue weighted by molar-refractivity contribution is 0.0600. The maximum absolute atomic E-state index is 11.8. The second kappa shape index (κ2) is 6.92. The minimum atomic E-state index is -0.442. The number of urea groups is 1. The molecule has 5 nitrogen and oxygen atoms in total. The van der Waals surface area contributed by atoms with Gasteiger partial charge >= 0.3 is 12.0 Å². The highest BCUT2D eigenvalue weighted by atomic mass is 16.5. The van der Waals surface area contributed by atoms with Crippen molar-refractivity contribution in [3.05, 3.63) is 41.6 Å². The Kier molecular flexibility index (Phi) is 5.52. The Hall–Kier alpha value is -2.30. The molecule has 21 heavy (non-hydrogen) atoms. The molecule has 0 aliphatic heterocycles. The zero-order chi connectivity index (χ0) is 16.0. The number of hydrogen-bond acceptors (Lipinski definition) is 3. The quantitative estimate of drug-likeness (QED) is 0.837. The molecule has 114 valence electrons. The van der Waals surface area contributed by atoms with Crippen molar-refractivity contribution in [1.29, 1.82) is 0 Å². The summed E-state index contributed by atoms with van der Waals surface area (Å²) in [5, 5.41) is 5.34. The molecule has 0 unspecified atom stereocenters. The van der Waals surface area contributed by atoms with E-state index in [2.05, 4.69) is 36.1 Å². The van der Waals surface area contributed by atoms with Crippen molar-refractivity contribution in [2.75, 3.05) is 12.4 Å². The maximum atomic E-state index is 11.8. The number of benzene rings is 1. The van der Waals surface area contributed by atoms with Crippen LogP contribution in [0.15, 0.2) is 36.0 Å². The summed E-state index contributed by atoms with van der Waals surface area (Å²) < 4.78 is 4.64. The molecule has 1 aromatic carbocycles. The summed E-state index contributed by atoms with van der Waals surface area (Å²) in [6.45, 7) is 8.16. The second-order valence-corrected chi connectivity index (χ2v) is 5.75. The molecule has 0 spiro atoms. The summed E-state index contributed by atoms with van der Waals surface area (Å²) in [5.74, 6) is -0.442. The molecule has 0 fully saturated rings. The predicted molar refractivity (Wildman–Crippen MR) is 83.1 cm³/mol. The number of hydrogen-bond donors (Lipinski definition) is 2. The SMILES string of the molecule is COC(=O)c1cccc(NC(=O)N/C=C(\C)C(C)(C)C)c1. The van der Waals surface area contributed by atoms with Crippen molar-refractivity contribution in [2.24, 2.45) is 5.41 Å². The number of methoxy groups -OCH3 is 1. The smallest absolute Gasteiger partial charge is 0.337 e. The Balaban J connectivity index is 2.70. The number of esters is 1. The number of ether oxygens (including phenoxy) is 1. The molecule has 0 aliphatic carbocycles. The predicted octanol–water partition coefficient (Wildman–Crippen LogP) is 3.54. The molecule has 1 rings (SSSR count). The van der Waals surface area contributed by atoms with E-state index in [4.69, 9.17) is 0 Å². The van der Waals surface area contributed by atoms with E-state index in [-0.39, 0.29) is 11.4 Å². The lowest BCUT2D eigenvalue weighted by Gasteiger charge is -2.19. The molecule has 0 aliphatic rings. The minimum absolute atomic E-state index is 0.00190. The molecule has 0 aromatic heterocycles. The second-order valence-electron chi connectivity index (χ2n) is 5.75. The molecule has 0 heterocycles. The fourth-order valence-electron chi connectivity index (χ4n) is 1.40. The zero-order valence-electron chi connectivity index (χ0n) is 13.1. The van der Waals surface area contributed by atoms with Crippen molar-refractivity contribution in [3.8, 4) is 0 Å². The van der Waals surface area contributed by atoms with Crippen LogP contribution in [0.4, 0.5) is 10.5 Å². The van der Waals surface area contributed by atoms with Gasteiger partial charge in [0.25, 0.3) is 0 Å². The Morgan fingerprint density at radius 2 is 1.90 bits per heavy atom. The van der Waals surface area contributed by atoms with Crippen molar-refractivity contribution >= 4 is 17.7 Å². The summed E-state index contributed by atoms with van der Waals surface area (Å²) >= 11 is 0. The largest absolute Gasteiger partial charge is 0.465 e. The summed E-state index contributed by atoms with van der Waals surface area (Å²) in [4.78, 5) is 23.2. The van der Waals surface area contributed by atoms with E-state index in [0.29, 0.717) is 11.3 Å². The highest BCUT2D eigenvalue weighted by molar-refractivity contribution is 5.94. The van der Waals surface area contributed by atoms with Crippen LogP contribution in [0, 0.1) is 5.41 Å². The average Bonchev–Trinajstić information content (AvgIpc) is 2.43. The van der Waals surface area contributed by atoms with Gasteiger partial charge in [0.05, 0.1) is 12.7 Å². The number of amides is 2. The molecular formula is C16H22N2O3. The molecule has 0 saturated heterocycles. The highest BCUT2D eigenvalue weighted by Gasteiger charge is 2.12. The summed E-state index contributed by atoms with van der Waals surface area (Å²) in [7, 11) is 1.31. The Morgan fingerprint density at radius 1 is 1.24 bits per heavy atom. The third-order valence-electron chi connectivity index (χ3n) is 3.14. The van der Waals surface area contributed by atoms with Gasteiger partial charge in [-0.1, -0.05) is 32.4 Å². The molecular weight excluding hydrogens is 268 g/mol. The standard InChI is InChI=1S/C16H22N2O3/c1-11(16(2,3)4)10-17-15(20)18-13-8-6-7-12(9-13)14(19)21-5/h6-10H,1-5H3,(H2,17,18,20)/b11-10+. The van der Waals surface area contributed by atoms with Crippen LogP contribution in [0.25, 0.3) is 0 Å². The lowest BCUT2D eigenvalue weighted by Crippen LogP contribution is -2.25. The number of rotatable bonds is 3. The first-order chi connectivity index (χ1) is 9.74.